The number of hydrogen-bond acceptors (Lipinski definition) is 4. The maximum Gasteiger partial charge on any atom is 0.317 e. The van der Waals surface area contributed by atoms with Crippen LogP contribution < -0.4 is 5.32 Å². The summed E-state index contributed by atoms with van der Waals surface area (Å²) in [6.45, 7) is 4.39. The lowest BCUT2D eigenvalue weighted by Gasteiger charge is -2.45. The molecule has 2 aromatic rings. The summed E-state index contributed by atoms with van der Waals surface area (Å²) >= 11 is 0. The molecule has 1 fully saturated rings. The molecule has 1 atom stereocenters. The van der Waals surface area contributed by atoms with Crippen molar-refractivity contribution in [3.05, 3.63) is 48.0 Å². The number of urea groups is 1. The van der Waals surface area contributed by atoms with E-state index >= 15 is 0 Å². The highest BCUT2D eigenvalue weighted by Crippen LogP contribution is 2.24. The number of nitrogens with zero attached hydrogens (tertiary/aromatic N) is 2. The van der Waals surface area contributed by atoms with Crippen LogP contribution in [-0.4, -0.2) is 71.5 Å². The molecule has 6 nitrogen and oxygen atoms in total. The van der Waals surface area contributed by atoms with Gasteiger partial charge >= 0.3 is 6.03 Å². The van der Waals surface area contributed by atoms with Gasteiger partial charge in [0.1, 0.15) is 0 Å². The SMILES string of the molecule is CC(NC(=O)N1CC(N(CCO)CCO)C1)c1cccc2ccccc12. The lowest BCUT2D eigenvalue weighted by atomic mass is 9.99. The number of rotatable bonds is 7. The van der Waals surface area contributed by atoms with Gasteiger partial charge in [-0.1, -0.05) is 42.5 Å². The number of hydrogen-bond donors (Lipinski definition) is 3. The standard InChI is InChI=1S/C20H27N3O3/c1-15(18-8-4-6-16-5-2-3-7-19(16)18)21-20(26)23-13-17(14-23)22(9-11-24)10-12-25/h2-8,15,17,24-25H,9-14H2,1H3,(H,21,26). The molecule has 3 N–H and O–H groups in total. The van der Waals surface area contributed by atoms with Crippen molar-refractivity contribution in [1.82, 2.24) is 15.1 Å². The summed E-state index contributed by atoms with van der Waals surface area (Å²) in [4.78, 5) is 16.3. The Morgan fingerprint density at radius 2 is 1.81 bits per heavy atom. The second-order valence-corrected chi connectivity index (χ2v) is 6.78. The number of aliphatic hydroxyl groups is 2. The first-order valence-corrected chi connectivity index (χ1v) is 9.13. The van der Waals surface area contributed by atoms with E-state index in [-0.39, 0.29) is 31.3 Å². The van der Waals surface area contributed by atoms with Crippen LogP contribution in [0.5, 0.6) is 0 Å². The molecule has 1 saturated heterocycles. The maximum atomic E-state index is 12.5. The first-order valence-electron chi connectivity index (χ1n) is 9.13. The number of aliphatic hydroxyl groups excluding tert-OH is 2. The fourth-order valence-corrected chi connectivity index (χ4v) is 3.57. The van der Waals surface area contributed by atoms with Crippen molar-refractivity contribution in [2.45, 2.75) is 19.0 Å². The molecule has 0 saturated carbocycles. The second kappa shape index (κ2) is 8.49. The van der Waals surface area contributed by atoms with E-state index in [1.54, 1.807) is 4.90 Å². The van der Waals surface area contributed by atoms with Crippen LogP contribution in [-0.2, 0) is 0 Å². The van der Waals surface area contributed by atoms with Crippen LogP contribution in [0.3, 0.4) is 0 Å². The van der Waals surface area contributed by atoms with Crippen LogP contribution in [0.4, 0.5) is 4.79 Å². The van der Waals surface area contributed by atoms with Gasteiger partial charge in [-0.15, -0.1) is 0 Å². The van der Waals surface area contributed by atoms with Crippen LogP contribution in [0.25, 0.3) is 10.8 Å². The average Bonchev–Trinajstić information content (AvgIpc) is 2.60. The molecule has 26 heavy (non-hydrogen) atoms. The van der Waals surface area contributed by atoms with Gasteiger partial charge in [-0.05, 0) is 23.3 Å². The van der Waals surface area contributed by atoms with E-state index in [9.17, 15) is 4.79 Å². The summed E-state index contributed by atoms with van der Waals surface area (Å²) in [5.41, 5.74) is 1.11. The number of carbonyl (C=O) groups is 1. The first-order chi connectivity index (χ1) is 12.6. The Hall–Kier alpha value is -2.15. The number of fused-ring (bicyclic) bond motifs is 1. The van der Waals surface area contributed by atoms with Crippen LogP contribution in [0.2, 0.25) is 0 Å². The zero-order chi connectivity index (χ0) is 18.5. The third kappa shape index (κ3) is 3.98. The van der Waals surface area contributed by atoms with Gasteiger partial charge in [-0.25, -0.2) is 4.79 Å². The molecular formula is C20H27N3O3. The van der Waals surface area contributed by atoms with Gasteiger partial charge in [0.15, 0.2) is 0 Å². The van der Waals surface area contributed by atoms with Crippen molar-refractivity contribution in [1.29, 1.82) is 0 Å². The minimum atomic E-state index is -0.0846. The van der Waals surface area contributed by atoms with E-state index in [1.165, 1.54) is 5.39 Å². The Labute approximate surface area is 154 Å². The van der Waals surface area contributed by atoms with Gasteiger partial charge in [0.25, 0.3) is 0 Å². The molecule has 1 aliphatic heterocycles. The lowest BCUT2D eigenvalue weighted by molar-refractivity contribution is 0.0353. The normalized spacial score (nSPS) is 15.9. The van der Waals surface area contributed by atoms with Crippen molar-refractivity contribution in [3.63, 3.8) is 0 Å². The average molecular weight is 357 g/mol. The summed E-state index contributed by atoms with van der Waals surface area (Å²) < 4.78 is 0. The summed E-state index contributed by atoms with van der Waals surface area (Å²) in [6.07, 6.45) is 0. The predicted octanol–water partition coefficient (Wildman–Crippen LogP) is 1.58. The largest absolute Gasteiger partial charge is 0.395 e. The van der Waals surface area contributed by atoms with Gasteiger partial charge in [-0.3, -0.25) is 4.90 Å². The molecule has 1 aliphatic rings. The van der Waals surface area contributed by atoms with Crippen molar-refractivity contribution in [2.24, 2.45) is 0 Å². The Morgan fingerprint density at radius 3 is 2.50 bits per heavy atom. The zero-order valence-corrected chi connectivity index (χ0v) is 15.1. The first kappa shape index (κ1) is 18.6. The molecule has 0 radical (unpaired) electrons. The smallest absolute Gasteiger partial charge is 0.317 e. The summed E-state index contributed by atoms with van der Waals surface area (Å²) in [6, 6.07) is 14.4. The third-order valence-corrected chi connectivity index (χ3v) is 5.07. The summed E-state index contributed by atoms with van der Waals surface area (Å²) in [5, 5.41) is 23.6. The lowest BCUT2D eigenvalue weighted by Crippen LogP contribution is -2.63. The summed E-state index contributed by atoms with van der Waals surface area (Å²) in [7, 11) is 0. The Kier molecular flexibility index (Phi) is 6.08. The van der Waals surface area contributed by atoms with Gasteiger partial charge in [0.05, 0.1) is 19.3 Å². The Morgan fingerprint density at radius 1 is 1.15 bits per heavy atom. The van der Waals surface area contributed by atoms with E-state index in [0.29, 0.717) is 26.2 Å². The molecule has 2 amide bonds. The van der Waals surface area contributed by atoms with Gasteiger partial charge in [0, 0.05) is 32.2 Å². The number of likely N-dealkylation sites (tertiary alicyclic amines) is 1. The Balaban J connectivity index is 1.59. The molecular weight excluding hydrogens is 330 g/mol. The highest BCUT2D eigenvalue weighted by atomic mass is 16.3. The maximum absolute atomic E-state index is 12.5. The van der Waals surface area contributed by atoms with Crippen molar-refractivity contribution in [3.8, 4) is 0 Å². The van der Waals surface area contributed by atoms with E-state index in [4.69, 9.17) is 10.2 Å². The number of benzene rings is 2. The predicted molar refractivity (Wildman–Crippen MR) is 102 cm³/mol. The zero-order valence-electron chi connectivity index (χ0n) is 15.1. The minimum Gasteiger partial charge on any atom is -0.395 e. The van der Waals surface area contributed by atoms with E-state index in [0.717, 1.165) is 10.9 Å². The fraction of sp³-hybridized carbons (Fsp3) is 0.450. The highest BCUT2D eigenvalue weighted by Gasteiger charge is 2.34. The molecule has 0 aliphatic carbocycles. The van der Waals surface area contributed by atoms with Gasteiger partial charge in [0.2, 0.25) is 0 Å². The topological polar surface area (TPSA) is 76.0 Å². The van der Waals surface area contributed by atoms with Crippen molar-refractivity contribution >= 4 is 16.8 Å². The molecule has 1 heterocycles. The van der Waals surface area contributed by atoms with E-state index in [2.05, 4.69) is 29.6 Å². The van der Waals surface area contributed by atoms with Crippen LogP contribution >= 0.6 is 0 Å². The quantitative estimate of drug-likeness (QED) is 0.703. The molecule has 1 unspecified atom stereocenters. The van der Waals surface area contributed by atoms with Crippen molar-refractivity contribution < 1.29 is 15.0 Å². The highest BCUT2D eigenvalue weighted by molar-refractivity contribution is 5.86. The van der Waals surface area contributed by atoms with Crippen molar-refractivity contribution in [2.75, 3.05) is 39.4 Å². The minimum absolute atomic E-state index is 0.0564. The van der Waals surface area contributed by atoms with E-state index in [1.807, 2.05) is 30.0 Å². The molecule has 3 rings (SSSR count). The van der Waals surface area contributed by atoms with Gasteiger partial charge < -0.3 is 20.4 Å². The molecule has 0 bridgehead atoms. The van der Waals surface area contributed by atoms with Crippen LogP contribution in [0.15, 0.2) is 42.5 Å². The molecule has 140 valence electrons. The number of amides is 2. The fourth-order valence-electron chi connectivity index (χ4n) is 3.57. The molecule has 6 heteroatoms. The van der Waals surface area contributed by atoms with E-state index < -0.39 is 0 Å². The number of nitrogens with one attached hydrogen (secondary N) is 1. The third-order valence-electron chi connectivity index (χ3n) is 5.07. The van der Waals surface area contributed by atoms with Crippen LogP contribution in [0.1, 0.15) is 18.5 Å². The van der Waals surface area contributed by atoms with Crippen LogP contribution in [0, 0.1) is 0 Å². The molecule has 0 spiro atoms. The number of carbonyl (C=O) groups excluding carboxylic acids is 1. The van der Waals surface area contributed by atoms with Gasteiger partial charge in [-0.2, -0.15) is 0 Å². The second-order valence-electron chi connectivity index (χ2n) is 6.78. The Bertz CT molecular complexity index is 735. The molecule has 0 aromatic heterocycles. The summed E-state index contributed by atoms with van der Waals surface area (Å²) in [5.74, 6) is 0. The molecule has 2 aromatic carbocycles. The monoisotopic (exact) mass is 357 g/mol.